The maximum absolute atomic E-state index is 13.1. The Kier molecular flexibility index (Phi) is 5.93. The van der Waals surface area contributed by atoms with Crippen LogP contribution in [0, 0.1) is 0 Å². The van der Waals surface area contributed by atoms with Gasteiger partial charge in [-0.1, -0.05) is 29.8 Å². The van der Waals surface area contributed by atoms with Gasteiger partial charge in [0.15, 0.2) is 28.6 Å². The molecule has 0 radical (unpaired) electrons. The van der Waals surface area contributed by atoms with E-state index in [0.29, 0.717) is 46.4 Å². The number of rotatable bonds is 6. The fraction of sp³-hybridized carbons (Fsp3) is 0.280. The van der Waals surface area contributed by atoms with Crippen molar-refractivity contribution in [1.82, 2.24) is 19.8 Å². The van der Waals surface area contributed by atoms with Gasteiger partial charge in [-0.3, -0.25) is 4.79 Å². The molecule has 4 aromatic rings. The first-order chi connectivity index (χ1) is 16.5. The van der Waals surface area contributed by atoms with Crippen LogP contribution in [0.25, 0.3) is 16.8 Å². The monoisotopic (exact) mass is 478 g/mol. The fourth-order valence-electron chi connectivity index (χ4n) is 4.53. The van der Waals surface area contributed by atoms with Gasteiger partial charge in [-0.05, 0) is 47.7 Å². The molecular weight excluding hydrogens is 456 g/mol. The molecule has 1 atom stereocenters. The van der Waals surface area contributed by atoms with Crippen molar-refractivity contribution in [2.45, 2.75) is 25.4 Å². The molecule has 1 aliphatic carbocycles. The number of hydrogen-bond acceptors (Lipinski definition) is 7. The SMILES string of the molecule is COCc1nn2c3c(nnc2c1-c1cccc(Cl)c1)C(=O)C[C@H](c1ccc(OC)c(OC)c1)C3. The van der Waals surface area contributed by atoms with Crippen LogP contribution in [-0.2, 0) is 17.8 Å². The molecule has 0 N–H and O–H groups in total. The number of fused-ring (bicyclic) bond motifs is 3. The summed E-state index contributed by atoms with van der Waals surface area (Å²) >= 11 is 6.25. The van der Waals surface area contributed by atoms with E-state index in [4.69, 9.17) is 30.9 Å². The van der Waals surface area contributed by atoms with Crippen LogP contribution in [-0.4, -0.2) is 46.9 Å². The topological polar surface area (TPSA) is 87.8 Å². The zero-order valence-corrected chi connectivity index (χ0v) is 19.8. The Morgan fingerprint density at radius 3 is 2.59 bits per heavy atom. The third-order valence-electron chi connectivity index (χ3n) is 6.12. The number of ketones is 1. The maximum Gasteiger partial charge on any atom is 0.185 e. The molecule has 9 heteroatoms. The van der Waals surface area contributed by atoms with Gasteiger partial charge in [-0.15, -0.1) is 10.2 Å². The summed E-state index contributed by atoms with van der Waals surface area (Å²) in [7, 11) is 4.81. The summed E-state index contributed by atoms with van der Waals surface area (Å²) in [5, 5.41) is 14.1. The summed E-state index contributed by atoms with van der Waals surface area (Å²) in [6.07, 6.45) is 0.904. The Hall–Kier alpha value is -3.49. The fourth-order valence-corrected chi connectivity index (χ4v) is 4.73. The summed E-state index contributed by atoms with van der Waals surface area (Å²) in [5.74, 6) is 1.14. The Balaban J connectivity index is 1.64. The summed E-state index contributed by atoms with van der Waals surface area (Å²) in [6.45, 7) is 0.285. The molecule has 2 aromatic heterocycles. The van der Waals surface area contributed by atoms with Gasteiger partial charge in [0, 0.05) is 18.6 Å². The first kappa shape index (κ1) is 22.3. The number of methoxy groups -OCH3 is 3. The second-order valence-electron chi connectivity index (χ2n) is 8.14. The van der Waals surface area contributed by atoms with Crippen molar-refractivity contribution in [3.8, 4) is 22.6 Å². The van der Waals surface area contributed by atoms with E-state index >= 15 is 0 Å². The van der Waals surface area contributed by atoms with E-state index in [2.05, 4.69) is 10.2 Å². The van der Waals surface area contributed by atoms with Gasteiger partial charge in [0.05, 0.1) is 37.8 Å². The second-order valence-corrected chi connectivity index (χ2v) is 8.57. The summed E-state index contributed by atoms with van der Waals surface area (Å²) < 4.78 is 18.0. The van der Waals surface area contributed by atoms with E-state index in [0.717, 1.165) is 22.4 Å². The Morgan fingerprint density at radius 2 is 1.85 bits per heavy atom. The largest absolute Gasteiger partial charge is 0.493 e. The van der Waals surface area contributed by atoms with E-state index in [-0.39, 0.29) is 18.3 Å². The minimum Gasteiger partial charge on any atom is -0.493 e. The van der Waals surface area contributed by atoms with Gasteiger partial charge < -0.3 is 14.2 Å². The normalized spacial score (nSPS) is 15.4. The van der Waals surface area contributed by atoms with Gasteiger partial charge in [0.1, 0.15) is 0 Å². The smallest absolute Gasteiger partial charge is 0.185 e. The van der Waals surface area contributed by atoms with Crippen LogP contribution >= 0.6 is 11.6 Å². The molecule has 0 bridgehead atoms. The van der Waals surface area contributed by atoms with Gasteiger partial charge >= 0.3 is 0 Å². The lowest BCUT2D eigenvalue weighted by atomic mass is 9.83. The molecule has 174 valence electrons. The molecule has 0 amide bonds. The van der Waals surface area contributed by atoms with Crippen LogP contribution in [0.3, 0.4) is 0 Å². The molecule has 2 heterocycles. The van der Waals surface area contributed by atoms with Gasteiger partial charge in [0.25, 0.3) is 0 Å². The molecular formula is C25H23ClN4O4. The number of nitrogens with zero attached hydrogens (tertiary/aromatic N) is 4. The Bertz CT molecular complexity index is 1400. The van der Waals surface area contributed by atoms with Crippen molar-refractivity contribution in [3.63, 3.8) is 0 Å². The average Bonchev–Trinajstić information content (AvgIpc) is 3.22. The second kappa shape index (κ2) is 9.04. The Morgan fingerprint density at radius 1 is 1.03 bits per heavy atom. The number of halogens is 1. The highest BCUT2D eigenvalue weighted by Crippen LogP contribution is 2.38. The molecule has 1 aliphatic rings. The quantitative estimate of drug-likeness (QED) is 0.402. The first-order valence-electron chi connectivity index (χ1n) is 10.8. The molecule has 0 spiro atoms. The molecule has 0 saturated carbocycles. The summed E-state index contributed by atoms with van der Waals surface area (Å²) in [5.41, 5.74) is 4.99. The molecule has 34 heavy (non-hydrogen) atoms. The highest BCUT2D eigenvalue weighted by Gasteiger charge is 2.32. The molecule has 2 aromatic carbocycles. The van der Waals surface area contributed by atoms with Crippen molar-refractivity contribution < 1.29 is 19.0 Å². The summed E-state index contributed by atoms with van der Waals surface area (Å²) in [4.78, 5) is 13.1. The highest BCUT2D eigenvalue weighted by molar-refractivity contribution is 6.30. The van der Waals surface area contributed by atoms with Crippen molar-refractivity contribution in [3.05, 3.63) is 70.1 Å². The average molecular weight is 479 g/mol. The number of aromatic nitrogens is 4. The van der Waals surface area contributed by atoms with Gasteiger partial charge in [-0.2, -0.15) is 5.10 Å². The van der Waals surface area contributed by atoms with Crippen LogP contribution in [0.5, 0.6) is 11.5 Å². The van der Waals surface area contributed by atoms with Gasteiger partial charge in [-0.25, -0.2) is 4.52 Å². The zero-order valence-electron chi connectivity index (χ0n) is 19.0. The molecule has 0 unspecified atom stereocenters. The molecule has 0 fully saturated rings. The standard InChI is InChI=1S/C25H23ClN4O4/c1-32-13-18-23(15-5-4-6-17(26)9-15)25-28-27-24-19(30(25)29-18)10-16(11-20(24)31)14-7-8-21(33-2)22(12-14)34-3/h4-9,12,16H,10-11,13H2,1-3H3/t16-/m1/s1. The number of carbonyl (C=O) groups is 1. The molecule has 8 nitrogen and oxygen atoms in total. The van der Waals surface area contributed by atoms with E-state index in [1.165, 1.54) is 0 Å². The number of benzene rings is 2. The van der Waals surface area contributed by atoms with Crippen LogP contribution < -0.4 is 9.47 Å². The lowest BCUT2D eigenvalue weighted by Gasteiger charge is -2.24. The molecule has 0 saturated heterocycles. The number of Topliss-reactive ketones (excluding diaryl/α,β-unsaturated/α-hetero) is 1. The van der Waals surface area contributed by atoms with Gasteiger partial charge in [0.2, 0.25) is 0 Å². The lowest BCUT2D eigenvalue weighted by Crippen LogP contribution is -2.24. The van der Waals surface area contributed by atoms with Crippen molar-refractivity contribution >= 4 is 23.0 Å². The predicted molar refractivity (Wildman–Crippen MR) is 127 cm³/mol. The minimum absolute atomic E-state index is 0.0584. The van der Waals surface area contributed by atoms with E-state index in [9.17, 15) is 4.79 Å². The first-order valence-corrected chi connectivity index (χ1v) is 11.2. The minimum atomic E-state index is -0.0662. The Labute approximate surface area is 201 Å². The highest BCUT2D eigenvalue weighted by atomic mass is 35.5. The third-order valence-corrected chi connectivity index (χ3v) is 6.35. The summed E-state index contributed by atoms with van der Waals surface area (Å²) in [6, 6.07) is 13.2. The number of hydrogen-bond donors (Lipinski definition) is 0. The molecule has 0 aliphatic heterocycles. The van der Waals surface area contributed by atoms with E-state index in [1.54, 1.807) is 25.8 Å². The van der Waals surface area contributed by atoms with Crippen molar-refractivity contribution in [2.75, 3.05) is 21.3 Å². The van der Waals surface area contributed by atoms with Crippen LogP contribution in [0.4, 0.5) is 0 Å². The van der Waals surface area contributed by atoms with E-state index in [1.807, 2.05) is 42.5 Å². The maximum atomic E-state index is 13.1. The number of carbonyl (C=O) groups excluding carboxylic acids is 1. The number of ether oxygens (including phenoxy) is 3. The third kappa shape index (κ3) is 3.78. The van der Waals surface area contributed by atoms with Crippen LogP contribution in [0.1, 0.15) is 39.8 Å². The van der Waals surface area contributed by atoms with Crippen molar-refractivity contribution in [1.29, 1.82) is 0 Å². The van der Waals surface area contributed by atoms with Crippen LogP contribution in [0.15, 0.2) is 42.5 Å². The van der Waals surface area contributed by atoms with E-state index < -0.39 is 0 Å². The van der Waals surface area contributed by atoms with Crippen molar-refractivity contribution in [2.24, 2.45) is 0 Å². The van der Waals surface area contributed by atoms with Crippen LogP contribution in [0.2, 0.25) is 5.02 Å². The lowest BCUT2D eigenvalue weighted by molar-refractivity contribution is 0.0955. The predicted octanol–water partition coefficient (Wildman–Crippen LogP) is 4.52. The molecule has 5 rings (SSSR count). The zero-order chi connectivity index (χ0) is 23.8.